The number of rotatable bonds is 3. The van der Waals surface area contributed by atoms with Crippen LogP contribution >= 0.6 is 0 Å². The monoisotopic (exact) mass is 479 g/mol. The van der Waals surface area contributed by atoms with Crippen molar-refractivity contribution in [1.82, 2.24) is 0 Å². The van der Waals surface area contributed by atoms with Crippen LogP contribution in [-0.2, 0) is 0 Å². The van der Waals surface area contributed by atoms with E-state index in [4.69, 9.17) is 0 Å². The van der Waals surface area contributed by atoms with Crippen LogP contribution in [0, 0.1) is 20.3 Å². The van der Waals surface area contributed by atoms with E-state index in [9.17, 15) is 13.2 Å². The van der Waals surface area contributed by atoms with E-state index in [1.54, 1.807) is 6.08 Å². The minimum absolute atomic E-state index is 0. The first-order valence-electron chi connectivity index (χ1n) is 8.38. The van der Waals surface area contributed by atoms with Gasteiger partial charge in [-0.3, -0.25) is 0 Å². The topological polar surface area (TPSA) is 0 Å². The molecule has 0 N–H and O–H groups in total. The summed E-state index contributed by atoms with van der Waals surface area (Å²) in [5, 5.41) is 0. The predicted octanol–water partition coefficient (Wildman–Crippen LogP) is 7.31. The van der Waals surface area contributed by atoms with Gasteiger partial charge in [-0.1, -0.05) is 96.9 Å². The predicted molar refractivity (Wildman–Crippen MR) is 111 cm³/mol. The molecule has 143 valence electrons. The molecule has 0 nitrogen and oxygen atoms in total. The summed E-state index contributed by atoms with van der Waals surface area (Å²) in [5.74, 6) is 0. The van der Waals surface area contributed by atoms with Crippen molar-refractivity contribution in [3.8, 4) is 0 Å². The number of unbranched alkanes of at least 4 members (excludes halogenated alkanes) is 2. The van der Waals surface area contributed by atoms with Crippen molar-refractivity contribution in [1.29, 1.82) is 0 Å². The van der Waals surface area contributed by atoms with Crippen LogP contribution in [0.2, 0.25) is 19.6 Å². The molecule has 0 unspecified atom stereocenters. The van der Waals surface area contributed by atoms with Crippen LogP contribution in [-0.4, -0.2) is 38.2 Å². The SMILES string of the molecule is C[Si](C)(C)C=C=C1[CH]C(C(F)(F)F)=CC=C1.[CH2]CCC.[CH2]CCC.[HH].[Sn]. The fourth-order valence-corrected chi connectivity index (χ4v) is 1.68. The van der Waals surface area contributed by atoms with Gasteiger partial charge < -0.3 is 0 Å². The van der Waals surface area contributed by atoms with Crippen LogP contribution in [0.1, 0.15) is 41.0 Å². The molecule has 7 radical (unpaired) electrons. The molecular weight excluding hydrogens is 444 g/mol. The molecule has 0 saturated carbocycles. The number of hydrogen-bond donors (Lipinski definition) is 0. The Hall–Kier alpha value is -0.194. The maximum absolute atomic E-state index is 12.4. The average Bonchev–Trinajstić information content (AvgIpc) is 2.52. The Labute approximate surface area is 172 Å². The second-order valence-corrected chi connectivity index (χ2v) is 11.5. The van der Waals surface area contributed by atoms with E-state index in [1.807, 2.05) is 5.70 Å². The third-order valence-electron chi connectivity index (χ3n) is 2.57. The standard InChI is InChI=1S/C12H14F3Si.2C4H9.Sn.H2/c1-16(2,3)8-7-10-5-4-6-11(9-10)12(13,14)15;2*1-3-4-2;;/h4-6,8-9H,1-3H3;2*1,3-4H2,2H3;;1H. The van der Waals surface area contributed by atoms with Gasteiger partial charge in [0, 0.05) is 42.9 Å². The van der Waals surface area contributed by atoms with E-state index in [2.05, 4.69) is 53.1 Å². The largest absolute Gasteiger partial charge is 0.413 e. The zero-order chi connectivity index (χ0) is 19.2. The Morgan fingerprint density at radius 2 is 1.56 bits per heavy atom. The van der Waals surface area contributed by atoms with Gasteiger partial charge in [-0.2, -0.15) is 13.2 Å². The number of alkyl halides is 3. The summed E-state index contributed by atoms with van der Waals surface area (Å²) >= 11 is 0. The van der Waals surface area contributed by atoms with Crippen molar-refractivity contribution in [2.75, 3.05) is 0 Å². The zero-order valence-corrected chi connectivity index (χ0v) is 20.1. The van der Waals surface area contributed by atoms with E-state index in [1.165, 1.54) is 18.9 Å². The van der Waals surface area contributed by atoms with Crippen LogP contribution in [0.25, 0.3) is 0 Å². The summed E-state index contributed by atoms with van der Waals surface area (Å²) in [5.41, 5.74) is 4.70. The number of hydrogen-bond acceptors (Lipinski definition) is 0. The Balaban J connectivity index is -0.000000206. The molecule has 0 aliphatic heterocycles. The van der Waals surface area contributed by atoms with E-state index >= 15 is 0 Å². The summed E-state index contributed by atoms with van der Waals surface area (Å²) in [4.78, 5) is 0. The maximum Gasteiger partial charge on any atom is 0.413 e. The average molecular weight is 478 g/mol. The normalized spacial score (nSPS) is 13.2. The molecule has 1 rings (SSSR count). The maximum atomic E-state index is 12.4. The van der Waals surface area contributed by atoms with Crippen LogP contribution in [0.4, 0.5) is 13.2 Å². The van der Waals surface area contributed by atoms with E-state index in [0.29, 0.717) is 5.57 Å². The molecule has 0 saturated heterocycles. The Bertz CT molecular complexity index is 447. The van der Waals surface area contributed by atoms with Crippen LogP contribution < -0.4 is 0 Å². The first-order valence-corrected chi connectivity index (χ1v) is 12.0. The molecule has 0 bridgehead atoms. The van der Waals surface area contributed by atoms with Gasteiger partial charge in [-0.25, -0.2) is 0 Å². The van der Waals surface area contributed by atoms with E-state index < -0.39 is 19.8 Å². The van der Waals surface area contributed by atoms with Gasteiger partial charge in [0.2, 0.25) is 0 Å². The molecule has 1 aliphatic rings. The molecule has 0 amide bonds. The van der Waals surface area contributed by atoms with Crippen molar-refractivity contribution < 1.29 is 14.6 Å². The van der Waals surface area contributed by atoms with Gasteiger partial charge in [0.05, 0.1) is 8.07 Å². The third-order valence-corrected chi connectivity index (χ3v) is 3.58. The second kappa shape index (κ2) is 16.0. The summed E-state index contributed by atoms with van der Waals surface area (Å²) in [6.07, 6.45) is 5.50. The summed E-state index contributed by atoms with van der Waals surface area (Å²) in [6.45, 7) is 17.8. The molecule has 1 aliphatic carbocycles. The molecule has 5 heteroatoms. The third kappa shape index (κ3) is 20.0. The first kappa shape index (κ1) is 29.6. The smallest absolute Gasteiger partial charge is 0.166 e. The summed E-state index contributed by atoms with van der Waals surface area (Å²) in [7, 11) is -1.42. The van der Waals surface area contributed by atoms with Gasteiger partial charge in [0.25, 0.3) is 0 Å². The molecule has 0 fully saturated rings. The molecule has 25 heavy (non-hydrogen) atoms. The minimum Gasteiger partial charge on any atom is -0.166 e. The molecule has 0 spiro atoms. The fraction of sp³-hybridized carbons (Fsp3) is 0.500. The Morgan fingerprint density at radius 1 is 1.12 bits per heavy atom. The van der Waals surface area contributed by atoms with Gasteiger partial charge in [0.1, 0.15) is 0 Å². The Kier molecular flexibility index (Phi) is 18.9. The van der Waals surface area contributed by atoms with Gasteiger partial charge in [0.15, 0.2) is 0 Å². The van der Waals surface area contributed by atoms with Gasteiger partial charge >= 0.3 is 6.18 Å². The zero-order valence-electron chi connectivity index (χ0n) is 16.3. The van der Waals surface area contributed by atoms with Crippen molar-refractivity contribution in [2.45, 2.75) is 65.3 Å². The molecule has 0 aromatic carbocycles. The second-order valence-electron chi connectivity index (χ2n) is 6.44. The van der Waals surface area contributed by atoms with Crippen LogP contribution in [0.3, 0.4) is 0 Å². The van der Waals surface area contributed by atoms with E-state index in [0.717, 1.165) is 25.3 Å². The fourth-order valence-electron chi connectivity index (χ4n) is 1.09. The summed E-state index contributed by atoms with van der Waals surface area (Å²) < 4.78 is 37.2. The van der Waals surface area contributed by atoms with Crippen LogP contribution in [0.5, 0.6) is 0 Å². The van der Waals surface area contributed by atoms with Gasteiger partial charge in [-0.15, -0.1) is 5.73 Å². The van der Waals surface area contributed by atoms with Crippen molar-refractivity contribution >= 4 is 32.0 Å². The quantitative estimate of drug-likeness (QED) is 0.295. The van der Waals surface area contributed by atoms with Crippen LogP contribution in [0.15, 0.2) is 40.8 Å². The van der Waals surface area contributed by atoms with Crippen molar-refractivity contribution in [2.24, 2.45) is 0 Å². The summed E-state index contributed by atoms with van der Waals surface area (Å²) in [6, 6.07) is 0. The molecule has 0 heterocycles. The molecule has 0 aromatic heterocycles. The van der Waals surface area contributed by atoms with Gasteiger partial charge in [-0.05, 0) is 0 Å². The molecule has 0 atom stereocenters. The number of allylic oxidation sites excluding steroid dienone is 5. The number of halogens is 3. The minimum atomic E-state index is -4.28. The Morgan fingerprint density at radius 3 is 1.88 bits per heavy atom. The molecule has 0 aromatic rings. The van der Waals surface area contributed by atoms with E-state index in [-0.39, 0.29) is 25.3 Å². The van der Waals surface area contributed by atoms with Crippen molar-refractivity contribution in [3.05, 3.63) is 61.1 Å². The van der Waals surface area contributed by atoms with Crippen molar-refractivity contribution in [3.63, 3.8) is 0 Å². The molecular formula is C20H34F3SiSn. The first-order chi connectivity index (χ1) is 11.0.